The summed E-state index contributed by atoms with van der Waals surface area (Å²) in [6.45, 7) is 5.79. The minimum atomic E-state index is -0.636. The largest absolute Gasteiger partial charge is 0.352 e. The van der Waals surface area contributed by atoms with Crippen LogP contribution < -0.4 is 5.32 Å². The van der Waals surface area contributed by atoms with Crippen LogP contribution in [-0.2, 0) is 21.9 Å². The molecule has 2 rings (SSSR count). The van der Waals surface area contributed by atoms with Gasteiger partial charge in [-0.05, 0) is 50.1 Å². The zero-order chi connectivity index (χ0) is 23.8. The number of thioether (sulfide) groups is 1. The molecule has 1 atom stereocenters. The van der Waals surface area contributed by atoms with Crippen molar-refractivity contribution < 1.29 is 9.59 Å². The Morgan fingerprint density at radius 2 is 1.66 bits per heavy atom. The summed E-state index contributed by atoms with van der Waals surface area (Å²) in [5, 5.41) is 4.78. The van der Waals surface area contributed by atoms with Gasteiger partial charge < -0.3 is 10.2 Å². The predicted molar refractivity (Wildman–Crippen MR) is 137 cm³/mol. The van der Waals surface area contributed by atoms with E-state index in [2.05, 4.69) is 5.32 Å². The van der Waals surface area contributed by atoms with Gasteiger partial charge in [0, 0.05) is 33.9 Å². The van der Waals surface area contributed by atoms with Crippen molar-refractivity contribution in [3.8, 4) is 0 Å². The Balaban J connectivity index is 2.20. The molecule has 0 radical (unpaired) electrons. The molecule has 0 aliphatic carbocycles. The van der Waals surface area contributed by atoms with Gasteiger partial charge >= 0.3 is 0 Å². The first-order valence-corrected chi connectivity index (χ1v) is 12.8. The molecule has 174 valence electrons. The standard InChI is InChI=1S/C23H26Cl4N2O2S/c1-4-21(23(31)28-14(2)3)29(11-16-17(24)6-5-7-18(16)25)22(30)13-32-12-15-8-9-19(26)20(27)10-15/h5-10,14,21H,4,11-13H2,1-3H3,(H,28,31). The van der Waals surface area contributed by atoms with Gasteiger partial charge in [0.1, 0.15) is 6.04 Å². The summed E-state index contributed by atoms with van der Waals surface area (Å²) in [6.07, 6.45) is 0.462. The number of amides is 2. The number of benzene rings is 2. The lowest BCUT2D eigenvalue weighted by Crippen LogP contribution is -2.51. The summed E-state index contributed by atoms with van der Waals surface area (Å²) >= 11 is 26.2. The van der Waals surface area contributed by atoms with Crippen molar-refractivity contribution in [2.24, 2.45) is 0 Å². The van der Waals surface area contributed by atoms with Crippen molar-refractivity contribution in [2.75, 3.05) is 5.75 Å². The van der Waals surface area contributed by atoms with E-state index in [-0.39, 0.29) is 30.2 Å². The fourth-order valence-corrected chi connectivity index (χ4v) is 4.82. The summed E-state index contributed by atoms with van der Waals surface area (Å²) in [7, 11) is 0. The Morgan fingerprint density at radius 3 is 2.22 bits per heavy atom. The van der Waals surface area contributed by atoms with Crippen LogP contribution in [0.4, 0.5) is 0 Å². The van der Waals surface area contributed by atoms with Crippen LogP contribution in [0.5, 0.6) is 0 Å². The monoisotopic (exact) mass is 534 g/mol. The van der Waals surface area contributed by atoms with Crippen LogP contribution in [0.1, 0.15) is 38.3 Å². The minimum Gasteiger partial charge on any atom is -0.352 e. The number of hydrogen-bond acceptors (Lipinski definition) is 3. The van der Waals surface area contributed by atoms with Crippen LogP contribution in [0.3, 0.4) is 0 Å². The van der Waals surface area contributed by atoms with Gasteiger partial charge in [0.25, 0.3) is 0 Å². The zero-order valence-corrected chi connectivity index (χ0v) is 22.0. The Hall–Kier alpha value is -1.11. The summed E-state index contributed by atoms with van der Waals surface area (Å²) in [5.41, 5.74) is 1.58. The van der Waals surface area contributed by atoms with E-state index in [0.29, 0.717) is 37.8 Å². The maximum absolute atomic E-state index is 13.3. The molecule has 0 heterocycles. The molecule has 0 spiro atoms. The van der Waals surface area contributed by atoms with Crippen LogP contribution in [0.15, 0.2) is 36.4 Å². The van der Waals surface area contributed by atoms with Crippen molar-refractivity contribution >= 4 is 70.0 Å². The van der Waals surface area contributed by atoms with Gasteiger partial charge in [-0.2, -0.15) is 0 Å². The Labute approximate surface area is 213 Å². The first kappa shape index (κ1) is 27.1. The third-order valence-corrected chi connectivity index (χ3v) is 7.12. The fraction of sp³-hybridized carbons (Fsp3) is 0.391. The molecule has 1 unspecified atom stereocenters. The van der Waals surface area contributed by atoms with E-state index < -0.39 is 6.04 Å². The van der Waals surface area contributed by atoms with Crippen molar-refractivity contribution in [3.05, 3.63) is 67.6 Å². The van der Waals surface area contributed by atoms with E-state index in [9.17, 15) is 9.59 Å². The molecule has 0 bridgehead atoms. The van der Waals surface area contributed by atoms with Crippen LogP contribution in [0.2, 0.25) is 20.1 Å². The number of carbonyl (C=O) groups excluding carboxylic acids is 2. The molecular formula is C23H26Cl4N2O2S. The number of hydrogen-bond donors (Lipinski definition) is 1. The predicted octanol–water partition coefficient (Wildman–Crippen LogP) is 6.87. The van der Waals surface area contributed by atoms with Crippen LogP contribution in [0, 0.1) is 0 Å². The van der Waals surface area contributed by atoms with E-state index in [1.807, 2.05) is 26.8 Å². The second-order valence-electron chi connectivity index (χ2n) is 7.55. The zero-order valence-electron chi connectivity index (χ0n) is 18.1. The van der Waals surface area contributed by atoms with Crippen molar-refractivity contribution in [1.29, 1.82) is 0 Å². The molecule has 9 heteroatoms. The third kappa shape index (κ3) is 7.74. The first-order chi connectivity index (χ1) is 15.1. The average molecular weight is 536 g/mol. The number of rotatable bonds is 10. The van der Waals surface area contributed by atoms with Gasteiger partial charge in [0.2, 0.25) is 11.8 Å². The summed E-state index contributed by atoms with van der Waals surface area (Å²) < 4.78 is 0. The Kier molecular flexibility index (Phi) is 11.0. The molecule has 0 aliphatic heterocycles. The number of nitrogens with zero attached hydrogens (tertiary/aromatic N) is 1. The van der Waals surface area contributed by atoms with E-state index in [4.69, 9.17) is 46.4 Å². The SMILES string of the molecule is CCC(C(=O)NC(C)C)N(Cc1c(Cl)cccc1Cl)C(=O)CSCc1ccc(Cl)c(Cl)c1. The summed E-state index contributed by atoms with van der Waals surface area (Å²) in [5.74, 6) is 0.400. The average Bonchev–Trinajstić information content (AvgIpc) is 2.72. The molecule has 4 nitrogen and oxygen atoms in total. The molecule has 1 N–H and O–H groups in total. The van der Waals surface area contributed by atoms with Crippen LogP contribution in [-0.4, -0.2) is 34.6 Å². The minimum absolute atomic E-state index is 0.0403. The van der Waals surface area contributed by atoms with Crippen molar-refractivity contribution in [1.82, 2.24) is 10.2 Å². The molecule has 0 saturated heterocycles. The molecule has 0 fully saturated rings. The van der Waals surface area contributed by atoms with Gasteiger partial charge in [-0.15, -0.1) is 11.8 Å². The molecule has 32 heavy (non-hydrogen) atoms. The number of nitrogens with one attached hydrogen (secondary N) is 1. The lowest BCUT2D eigenvalue weighted by atomic mass is 10.1. The van der Waals surface area contributed by atoms with Gasteiger partial charge in [-0.1, -0.05) is 65.5 Å². The molecule has 2 amide bonds. The molecule has 0 aromatic heterocycles. The van der Waals surface area contributed by atoms with Crippen molar-refractivity contribution in [2.45, 2.75) is 51.6 Å². The Morgan fingerprint density at radius 1 is 1.00 bits per heavy atom. The maximum Gasteiger partial charge on any atom is 0.243 e. The van der Waals surface area contributed by atoms with Gasteiger partial charge in [-0.25, -0.2) is 0 Å². The number of halogens is 4. The molecule has 2 aromatic carbocycles. The third-order valence-electron chi connectivity index (χ3n) is 4.69. The fourth-order valence-electron chi connectivity index (χ4n) is 3.12. The second-order valence-corrected chi connectivity index (χ2v) is 10.2. The second kappa shape index (κ2) is 13.0. The number of carbonyl (C=O) groups is 2. The van der Waals surface area contributed by atoms with Crippen LogP contribution in [0.25, 0.3) is 0 Å². The lowest BCUT2D eigenvalue weighted by Gasteiger charge is -2.31. The van der Waals surface area contributed by atoms with E-state index in [1.54, 1.807) is 35.2 Å². The molecule has 0 aliphatic rings. The van der Waals surface area contributed by atoms with Crippen LogP contribution >= 0.6 is 58.2 Å². The highest BCUT2D eigenvalue weighted by atomic mass is 35.5. The maximum atomic E-state index is 13.3. The summed E-state index contributed by atoms with van der Waals surface area (Å²) in [4.78, 5) is 27.7. The molecular weight excluding hydrogens is 510 g/mol. The summed E-state index contributed by atoms with van der Waals surface area (Å²) in [6, 6.07) is 9.90. The topological polar surface area (TPSA) is 49.4 Å². The van der Waals surface area contributed by atoms with E-state index in [1.165, 1.54) is 11.8 Å². The highest BCUT2D eigenvalue weighted by Crippen LogP contribution is 2.28. The van der Waals surface area contributed by atoms with E-state index >= 15 is 0 Å². The van der Waals surface area contributed by atoms with Gasteiger partial charge in [0.15, 0.2) is 0 Å². The lowest BCUT2D eigenvalue weighted by molar-refractivity contribution is -0.139. The highest BCUT2D eigenvalue weighted by Gasteiger charge is 2.29. The first-order valence-electron chi connectivity index (χ1n) is 10.2. The van der Waals surface area contributed by atoms with Gasteiger partial charge in [0.05, 0.1) is 15.8 Å². The normalized spacial score (nSPS) is 12.0. The van der Waals surface area contributed by atoms with E-state index in [0.717, 1.165) is 5.56 Å². The molecule has 0 saturated carbocycles. The van der Waals surface area contributed by atoms with Crippen molar-refractivity contribution in [3.63, 3.8) is 0 Å². The Bertz CT molecular complexity index is 935. The van der Waals surface area contributed by atoms with Gasteiger partial charge in [-0.3, -0.25) is 9.59 Å². The highest BCUT2D eigenvalue weighted by molar-refractivity contribution is 7.99. The smallest absolute Gasteiger partial charge is 0.243 e. The quantitative estimate of drug-likeness (QED) is 0.361. The molecule has 2 aromatic rings.